The molecule has 0 fully saturated rings. The molecule has 0 atom stereocenters. The van der Waals surface area contributed by atoms with Crippen LogP contribution in [0.1, 0.15) is 11.4 Å². The van der Waals surface area contributed by atoms with Crippen LogP contribution in [0.3, 0.4) is 0 Å². The second kappa shape index (κ2) is 4.69. The lowest BCUT2D eigenvalue weighted by Crippen LogP contribution is -2.10. The van der Waals surface area contributed by atoms with Gasteiger partial charge in [-0.25, -0.2) is 4.98 Å². The first-order valence-corrected chi connectivity index (χ1v) is 5.09. The quantitative estimate of drug-likeness (QED) is 0.830. The van der Waals surface area contributed by atoms with Gasteiger partial charge in [0.15, 0.2) is 5.75 Å². The number of hydrogen-bond acceptors (Lipinski definition) is 4. The number of aromatic hydroxyl groups is 1. The fourth-order valence-electron chi connectivity index (χ4n) is 1.49. The zero-order valence-electron chi connectivity index (χ0n) is 9.30. The van der Waals surface area contributed by atoms with Crippen molar-refractivity contribution in [2.45, 2.75) is 6.42 Å². The average Bonchev–Trinajstić information content (AvgIpc) is 2.34. The Balaban J connectivity index is 2.25. The van der Waals surface area contributed by atoms with E-state index in [4.69, 9.17) is 9.84 Å². The van der Waals surface area contributed by atoms with Gasteiger partial charge in [-0.2, -0.15) is 0 Å². The average molecular weight is 232 g/mol. The van der Waals surface area contributed by atoms with E-state index in [2.05, 4.69) is 9.97 Å². The molecule has 0 amide bonds. The molecule has 88 valence electrons. The predicted octanol–water partition coefficient (Wildman–Crippen LogP) is 1.07. The fraction of sp³-hybridized carbons (Fsp3) is 0.167. The van der Waals surface area contributed by atoms with Crippen LogP contribution >= 0.6 is 0 Å². The van der Waals surface area contributed by atoms with Crippen molar-refractivity contribution >= 4 is 0 Å². The molecule has 0 radical (unpaired) electrons. The molecular weight excluding hydrogens is 220 g/mol. The Morgan fingerprint density at radius 1 is 1.47 bits per heavy atom. The first-order chi connectivity index (χ1) is 8.19. The summed E-state index contributed by atoms with van der Waals surface area (Å²) in [6, 6.07) is 7.49. The van der Waals surface area contributed by atoms with E-state index in [-0.39, 0.29) is 5.75 Å². The van der Waals surface area contributed by atoms with Gasteiger partial charge < -0.3 is 14.8 Å². The molecule has 17 heavy (non-hydrogen) atoms. The summed E-state index contributed by atoms with van der Waals surface area (Å²) in [7, 11) is 1.60. The van der Waals surface area contributed by atoms with E-state index >= 15 is 0 Å². The zero-order chi connectivity index (χ0) is 12.3. The molecule has 0 saturated carbocycles. The second-order valence-corrected chi connectivity index (χ2v) is 3.57. The minimum atomic E-state index is -0.530. The molecular formula is C12H12N2O3. The fourth-order valence-corrected chi connectivity index (χ4v) is 1.49. The molecule has 1 aromatic carbocycles. The minimum absolute atomic E-state index is 0.376. The first-order valence-electron chi connectivity index (χ1n) is 5.09. The van der Waals surface area contributed by atoms with Crippen molar-refractivity contribution in [1.29, 1.82) is 0 Å². The summed E-state index contributed by atoms with van der Waals surface area (Å²) in [5.74, 6) is 0.879. The number of methoxy groups -OCH3 is 1. The van der Waals surface area contributed by atoms with Crippen LogP contribution in [-0.4, -0.2) is 22.2 Å². The van der Waals surface area contributed by atoms with Crippen molar-refractivity contribution < 1.29 is 9.84 Å². The molecule has 5 nitrogen and oxygen atoms in total. The highest BCUT2D eigenvalue weighted by Crippen LogP contribution is 2.14. The van der Waals surface area contributed by atoms with E-state index in [1.165, 1.54) is 0 Å². The van der Waals surface area contributed by atoms with Crippen molar-refractivity contribution in [2.24, 2.45) is 0 Å². The van der Waals surface area contributed by atoms with E-state index in [0.717, 1.165) is 17.5 Å². The Bertz CT molecular complexity index is 578. The summed E-state index contributed by atoms with van der Waals surface area (Å²) in [6.07, 6.45) is 1.63. The molecule has 5 heteroatoms. The highest BCUT2D eigenvalue weighted by atomic mass is 16.5. The third-order valence-electron chi connectivity index (χ3n) is 2.34. The number of aromatic amines is 1. The lowest BCUT2D eigenvalue weighted by molar-refractivity contribution is 0.414. The maximum absolute atomic E-state index is 11.2. The number of nitrogens with one attached hydrogen (secondary N) is 1. The lowest BCUT2D eigenvalue weighted by Gasteiger charge is -2.04. The van der Waals surface area contributed by atoms with E-state index in [9.17, 15) is 4.79 Å². The van der Waals surface area contributed by atoms with E-state index in [0.29, 0.717) is 12.2 Å². The van der Waals surface area contributed by atoms with Crippen LogP contribution in [0.5, 0.6) is 11.5 Å². The normalized spacial score (nSPS) is 10.2. The Morgan fingerprint density at radius 3 is 3.00 bits per heavy atom. The highest BCUT2D eigenvalue weighted by molar-refractivity contribution is 5.30. The van der Waals surface area contributed by atoms with Gasteiger partial charge in [0, 0.05) is 6.42 Å². The summed E-state index contributed by atoms with van der Waals surface area (Å²) in [5, 5.41) is 9.07. The van der Waals surface area contributed by atoms with E-state index in [1.807, 2.05) is 24.3 Å². The highest BCUT2D eigenvalue weighted by Gasteiger charge is 2.02. The van der Waals surface area contributed by atoms with Crippen LogP contribution in [0.25, 0.3) is 0 Å². The van der Waals surface area contributed by atoms with Gasteiger partial charge in [0.2, 0.25) is 0 Å². The zero-order valence-corrected chi connectivity index (χ0v) is 9.30. The minimum Gasteiger partial charge on any atom is -0.502 e. The van der Waals surface area contributed by atoms with Crippen LogP contribution in [0.15, 0.2) is 35.3 Å². The molecule has 0 aliphatic carbocycles. The van der Waals surface area contributed by atoms with Crippen LogP contribution in [0.2, 0.25) is 0 Å². The maximum atomic E-state index is 11.2. The summed E-state index contributed by atoms with van der Waals surface area (Å²) >= 11 is 0. The Morgan fingerprint density at radius 2 is 2.29 bits per heavy atom. The van der Waals surface area contributed by atoms with Crippen LogP contribution in [-0.2, 0) is 6.42 Å². The Hall–Kier alpha value is -2.30. The third kappa shape index (κ3) is 2.63. The summed E-state index contributed by atoms with van der Waals surface area (Å²) in [5.41, 5.74) is 0.441. The van der Waals surface area contributed by atoms with Crippen LogP contribution in [0.4, 0.5) is 0 Å². The number of benzene rings is 1. The van der Waals surface area contributed by atoms with Crippen molar-refractivity contribution in [3.05, 3.63) is 52.2 Å². The lowest BCUT2D eigenvalue weighted by atomic mass is 10.1. The van der Waals surface area contributed by atoms with Gasteiger partial charge in [-0.05, 0) is 17.7 Å². The number of rotatable bonds is 3. The van der Waals surface area contributed by atoms with E-state index in [1.54, 1.807) is 7.11 Å². The summed E-state index contributed by atoms with van der Waals surface area (Å²) in [6.45, 7) is 0. The maximum Gasteiger partial charge on any atom is 0.293 e. The molecule has 2 aromatic rings. The molecule has 0 spiro atoms. The van der Waals surface area contributed by atoms with Gasteiger partial charge in [0.1, 0.15) is 11.6 Å². The monoisotopic (exact) mass is 232 g/mol. The molecule has 2 N–H and O–H groups in total. The van der Waals surface area contributed by atoms with Gasteiger partial charge in [0.25, 0.3) is 5.56 Å². The Kier molecular flexibility index (Phi) is 3.09. The van der Waals surface area contributed by atoms with Gasteiger partial charge in [-0.1, -0.05) is 12.1 Å². The van der Waals surface area contributed by atoms with Gasteiger partial charge >= 0.3 is 0 Å². The molecule has 0 bridgehead atoms. The van der Waals surface area contributed by atoms with Gasteiger partial charge in [-0.15, -0.1) is 0 Å². The molecule has 1 aromatic heterocycles. The van der Waals surface area contributed by atoms with Gasteiger partial charge in [-0.3, -0.25) is 4.79 Å². The topological polar surface area (TPSA) is 75.2 Å². The number of H-pyrrole nitrogens is 1. The standard InChI is InChI=1S/C12H12N2O3/c1-17-9-4-2-3-8(5-9)6-11-13-7-10(15)12(16)14-11/h2-5,7,15H,6H2,1H3,(H,13,14,16). The summed E-state index contributed by atoms with van der Waals surface area (Å²) < 4.78 is 5.10. The van der Waals surface area contributed by atoms with Crippen molar-refractivity contribution in [3.8, 4) is 11.5 Å². The molecule has 0 unspecified atom stereocenters. The molecule has 0 aliphatic rings. The number of hydrogen-bond donors (Lipinski definition) is 2. The predicted molar refractivity (Wildman–Crippen MR) is 62.3 cm³/mol. The van der Waals surface area contributed by atoms with Crippen LogP contribution < -0.4 is 10.3 Å². The van der Waals surface area contributed by atoms with Crippen molar-refractivity contribution in [2.75, 3.05) is 7.11 Å². The number of nitrogens with zero attached hydrogens (tertiary/aromatic N) is 1. The van der Waals surface area contributed by atoms with Crippen molar-refractivity contribution in [3.63, 3.8) is 0 Å². The molecule has 2 rings (SSSR count). The van der Waals surface area contributed by atoms with E-state index < -0.39 is 5.56 Å². The molecule has 1 heterocycles. The largest absolute Gasteiger partial charge is 0.502 e. The van der Waals surface area contributed by atoms with Crippen LogP contribution in [0, 0.1) is 0 Å². The molecule has 0 saturated heterocycles. The molecule has 0 aliphatic heterocycles. The number of ether oxygens (including phenoxy) is 1. The Labute approximate surface area is 97.7 Å². The number of aromatic nitrogens is 2. The third-order valence-corrected chi connectivity index (χ3v) is 2.34. The summed E-state index contributed by atoms with van der Waals surface area (Å²) in [4.78, 5) is 17.6. The second-order valence-electron chi connectivity index (χ2n) is 3.57. The smallest absolute Gasteiger partial charge is 0.293 e. The first kappa shape index (κ1) is 11.2. The SMILES string of the molecule is COc1cccc(Cc2ncc(O)c(=O)[nH]2)c1. The van der Waals surface area contributed by atoms with Crippen molar-refractivity contribution in [1.82, 2.24) is 9.97 Å². The van der Waals surface area contributed by atoms with Gasteiger partial charge in [0.05, 0.1) is 13.3 Å².